The minimum Gasteiger partial charge on any atom is -0.677 e. The Bertz CT molecular complexity index is 436. The predicted octanol–water partition coefficient (Wildman–Crippen LogP) is 3.62. The summed E-state index contributed by atoms with van der Waals surface area (Å²) in [5.74, 6) is -2.16. The summed E-state index contributed by atoms with van der Waals surface area (Å²) in [4.78, 5) is 31.8. The molecule has 182 valence electrons. The van der Waals surface area contributed by atoms with Gasteiger partial charge < -0.3 is 27.8 Å². The van der Waals surface area contributed by atoms with Crippen LogP contribution in [0.3, 0.4) is 0 Å². The minimum atomic E-state index is -3.04. The molecule has 0 amide bonds. The number of hydrogen-bond donors (Lipinski definition) is 3. The van der Waals surface area contributed by atoms with Crippen LogP contribution in [0, 0.1) is 12.8 Å². The van der Waals surface area contributed by atoms with E-state index in [0.29, 0.717) is 19.0 Å². The van der Waals surface area contributed by atoms with E-state index < -0.39 is 26.2 Å². The van der Waals surface area contributed by atoms with Crippen molar-refractivity contribution in [3.05, 3.63) is 25.8 Å². The zero-order valence-electron chi connectivity index (χ0n) is 17.6. The third kappa shape index (κ3) is 20.5. The molecule has 0 heterocycles. The van der Waals surface area contributed by atoms with Crippen LogP contribution >= 0.6 is 8.25 Å². The second-order valence-electron chi connectivity index (χ2n) is 6.07. The summed E-state index contributed by atoms with van der Waals surface area (Å²) in [6, 6.07) is -1.27. The van der Waals surface area contributed by atoms with Crippen LogP contribution in [0.5, 0.6) is 0 Å². The van der Waals surface area contributed by atoms with Gasteiger partial charge in [0.1, 0.15) is 0 Å². The fraction of sp³-hybridized carbons (Fsp3) is 0.722. The van der Waals surface area contributed by atoms with Crippen LogP contribution in [0.4, 0.5) is 0 Å². The van der Waals surface area contributed by atoms with Gasteiger partial charge in [0.25, 0.3) is 0 Å². The summed E-state index contributed by atoms with van der Waals surface area (Å²) in [6.07, 6.45) is 6.29. The maximum absolute atomic E-state index is 10.7. The van der Waals surface area contributed by atoms with Crippen LogP contribution < -0.4 is 4.89 Å². The van der Waals surface area contributed by atoms with Gasteiger partial charge in [0.2, 0.25) is 6.04 Å². The molecule has 3 unspecified atom stereocenters. The molecule has 0 aliphatic heterocycles. The third-order valence-electron chi connectivity index (χ3n) is 3.83. The second-order valence-corrected chi connectivity index (χ2v) is 6.68. The van der Waals surface area contributed by atoms with Crippen molar-refractivity contribution >= 4 is 20.2 Å². The Kier molecular flexibility index (Phi) is 30.0. The molecule has 1 rings (SSSR count). The van der Waals surface area contributed by atoms with Crippen LogP contribution in [-0.2, 0) is 39.9 Å². The van der Waals surface area contributed by atoms with E-state index in [4.69, 9.17) is 30.7 Å². The normalized spacial score (nSPS) is 17.7. The SMILES string of the molecule is C=C.CCCN(CCC)C(C(=O)O)C(=O)O.O=[P+]([O-])OO.[CH2-]C1CCCCC1[NH-].[HH].[Pt+2]. The summed E-state index contributed by atoms with van der Waals surface area (Å²) in [6.45, 7) is 14.7. The quantitative estimate of drug-likeness (QED) is 0.0900. The number of aliphatic carboxylic acids is 2. The first-order valence-corrected chi connectivity index (χ1v) is 10.4. The number of nitrogens with one attached hydrogen (secondary N) is 1. The van der Waals surface area contributed by atoms with Crippen molar-refractivity contribution in [3.8, 4) is 0 Å². The summed E-state index contributed by atoms with van der Waals surface area (Å²) in [5.41, 5.74) is 7.42. The molecule has 1 aliphatic carbocycles. The number of rotatable bonds is 8. The molecular weight excluding hydrogens is 598 g/mol. The summed E-state index contributed by atoms with van der Waals surface area (Å²) >= 11 is 0. The predicted molar refractivity (Wildman–Crippen MR) is 111 cm³/mol. The molecule has 4 N–H and O–H groups in total. The maximum Gasteiger partial charge on any atom is 2.00 e. The van der Waals surface area contributed by atoms with E-state index in [1.165, 1.54) is 24.2 Å². The average Bonchev–Trinajstić information content (AvgIpc) is 2.66. The molecule has 0 radical (unpaired) electrons. The molecule has 0 spiro atoms. The molecule has 3 atom stereocenters. The van der Waals surface area contributed by atoms with Gasteiger partial charge in [-0.25, -0.2) is 14.8 Å². The molecular formula is C18H37N2O8PPt. The van der Waals surface area contributed by atoms with E-state index in [2.05, 4.69) is 24.8 Å². The van der Waals surface area contributed by atoms with Crippen LogP contribution in [0.1, 0.15) is 53.8 Å². The summed E-state index contributed by atoms with van der Waals surface area (Å²) < 4.78 is 11.6. The van der Waals surface area contributed by atoms with Crippen molar-refractivity contribution in [2.45, 2.75) is 64.5 Å². The molecule has 0 bridgehead atoms. The smallest absolute Gasteiger partial charge is 0.677 e. The van der Waals surface area contributed by atoms with Gasteiger partial charge in [-0.15, -0.1) is 13.2 Å². The van der Waals surface area contributed by atoms with Crippen molar-refractivity contribution in [2.75, 3.05) is 13.1 Å². The number of carboxylic acids is 2. The van der Waals surface area contributed by atoms with Gasteiger partial charge in [0.05, 0.1) is 0 Å². The third-order valence-corrected chi connectivity index (χ3v) is 3.96. The molecule has 30 heavy (non-hydrogen) atoms. The van der Waals surface area contributed by atoms with Gasteiger partial charge in [0, 0.05) is 6.10 Å². The van der Waals surface area contributed by atoms with Crippen LogP contribution in [-0.4, -0.2) is 57.5 Å². The molecule has 1 saturated carbocycles. The largest absolute Gasteiger partial charge is 2.00 e. The minimum absolute atomic E-state index is 0. The van der Waals surface area contributed by atoms with Crippen LogP contribution in [0.2, 0.25) is 0 Å². The Morgan fingerprint density at radius 3 is 1.80 bits per heavy atom. The van der Waals surface area contributed by atoms with E-state index >= 15 is 0 Å². The Hall–Kier alpha value is -0.732. The molecule has 1 aliphatic rings. The standard InChI is InChI=1S/C9H17NO4.C7H13N.C2H4.HO4P.Pt.H2/c1-3-5-10(6-4-2)7(8(11)12)9(13)14;1-6-4-2-3-5-7(6)8;1-2;1-4-5(2)3;;/h7H,3-6H2,1-2H3,(H,11,12)(H,13,14);6-8H,1-5H2;1-2H2;1H;;1H/q;-2;;;+2;. The van der Waals surface area contributed by atoms with Crippen molar-refractivity contribution in [1.82, 2.24) is 4.90 Å². The molecule has 0 aromatic rings. The zero-order valence-corrected chi connectivity index (χ0v) is 20.8. The van der Waals surface area contributed by atoms with E-state index in [1.54, 1.807) is 0 Å². The monoisotopic (exact) mass is 635 g/mol. The first-order chi connectivity index (χ1) is 13.6. The summed E-state index contributed by atoms with van der Waals surface area (Å²) in [5, 5.41) is 24.5. The number of hydrogen-bond acceptors (Lipinski definition) is 7. The van der Waals surface area contributed by atoms with Crippen LogP contribution in [0.25, 0.3) is 5.73 Å². The Balaban J connectivity index is -0.000000113. The zero-order chi connectivity index (χ0) is 23.4. The van der Waals surface area contributed by atoms with Crippen molar-refractivity contribution < 1.29 is 61.7 Å². The van der Waals surface area contributed by atoms with E-state index in [9.17, 15) is 9.59 Å². The van der Waals surface area contributed by atoms with Crippen molar-refractivity contribution in [1.29, 1.82) is 0 Å². The number of nitrogens with zero attached hydrogens (tertiary/aromatic N) is 1. The first kappa shape index (κ1) is 36.6. The van der Waals surface area contributed by atoms with Gasteiger partial charge >= 0.3 is 41.3 Å². The van der Waals surface area contributed by atoms with Gasteiger partial charge in [-0.05, 0) is 30.5 Å². The fourth-order valence-corrected chi connectivity index (χ4v) is 2.57. The molecule has 0 aromatic heterocycles. The van der Waals surface area contributed by atoms with Gasteiger partial charge in [0.15, 0.2) is 0 Å². The molecule has 1 fully saturated rings. The van der Waals surface area contributed by atoms with E-state index in [-0.39, 0.29) is 28.5 Å². The summed E-state index contributed by atoms with van der Waals surface area (Å²) in [7, 11) is -3.04. The maximum atomic E-state index is 10.7. The Morgan fingerprint density at radius 2 is 1.60 bits per heavy atom. The van der Waals surface area contributed by atoms with E-state index in [1.807, 2.05) is 13.8 Å². The Morgan fingerprint density at radius 1 is 1.23 bits per heavy atom. The second kappa shape index (κ2) is 24.5. The number of carbonyl (C=O) groups is 2. The number of carboxylic acid groups (broad SMARTS) is 2. The first-order valence-electron chi connectivity index (χ1n) is 9.31. The van der Waals surface area contributed by atoms with Crippen LogP contribution in [0.15, 0.2) is 13.2 Å². The van der Waals surface area contributed by atoms with Gasteiger partial charge in [-0.2, -0.15) is 12.0 Å². The fourth-order valence-electron chi connectivity index (χ4n) is 2.57. The van der Waals surface area contributed by atoms with Gasteiger partial charge in [-0.3, -0.25) is 4.90 Å². The van der Waals surface area contributed by atoms with Crippen molar-refractivity contribution in [2.24, 2.45) is 5.92 Å². The topological polar surface area (TPSA) is 171 Å². The Labute approximate surface area is 196 Å². The molecule has 0 aromatic carbocycles. The molecule has 12 heteroatoms. The molecule has 10 nitrogen and oxygen atoms in total. The molecule has 0 saturated heterocycles. The van der Waals surface area contributed by atoms with Crippen molar-refractivity contribution in [3.63, 3.8) is 0 Å². The average molecular weight is 636 g/mol. The van der Waals surface area contributed by atoms with Gasteiger partial charge in [-0.1, -0.05) is 39.5 Å². The van der Waals surface area contributed by atoms with E-state index in [0.717, 1.165) is 19.3 Å².